The molecule has 0 bridgehead atoms. The third-order valence-electron chi connectivity index (χ3n) is 6.81. The average Bonchev–Trinajstić information content (AvgIpc) is 2.93. The number of likely N-dealkylation sites (tertiary alicyclic amines) is 1. The number of rotatable bonds is 9. The van der Waals surface area contributed by atoms with Crippen LogP contribution in [0.1, 0.15) is 44.1 Å². The van der Waals surface area contributed by atoms with Gasteiger partial charge in [0.2, 0.25) is 0 Å². The first-order chi connectivity index (χ1) is 17.6. The molecule has 0 radical (unpaired) electrons. The van der Waals surface area contributed by atoms with Gasteiger partial charge in [0, 0.05) is 18.6 Å². The molecule has 1 aromatic carbocycles. The van der Waals surface area contributed by atoms with E-state index in [2.05, 4.69) is 23.5 Å². The number of hydrogen-bond acceptors (Lipinski definition) is 7. The van der Waals surface area contributed by atoms with Crippen molar-refractivity contribution in [1.82, 2.24) is 10.2 Å². The second-order valence-corrected chi connectivity index (χ2v) is 9.30. The van der Waals surface area contributed by atoms with Crippen molar-refractivity contribution in [1.29, 1.82) is 0 Å². The Morgan fingerprint density at radius 3 is 2.64 bits per heavy atom. The van der Waals surface area contributed by atoms with Gasteiger partial charge < -0.3 is 29.2 Å². The number of esters is 1. The molecule has 2 heterocycles. The second-order valence-electron chi connectivity index (χ2n) is 9.30. The van der Waals surface area contributed by atoms with Crippen LogP contribution in [0.5, 0.6) is 0 Å². The Hall–Kier alpha value is -3.52. The van der Waals surface area contributed by atoms with Crippen molar-refractivity contribution in [2.24, 2.45) is 0 Å². The highest BCUT2D eigenvalue weighted by Gasteiger charge is 2.41. The summed E-state index contributed by atoms with van der Waals surface area (Å²) >= 11 is 0. The Morgan fingerprint density at radius 2 is 1.97 bits per heavy atom. The maximum absolute atomic E-state index is 12.7. The summed E-state index contributed by atoms with van der Waals surface area (Å²) < 4.78 is 21.7. The van der Waals surface area contributed by atoms with E-state index in [9.17, 15) is 9.59 Å². The van der Waals surface area contributed by atoms with Crippen molar-refractivity contribution in [2.75, 3.05) is 20.2 Å². The maximum Gasteiger partial charge on any atom is 0.410 e. The minimum absolute atomic E-state index is 0.190. The van der Waals surface area contributed by atoms with E-state index in [4.69, 9.17) is 18.9 Å². The van der Waals surface area contributed by atoms with Crippen molar-refractivity contribution in [3.63, 3.8) is 0 Å². The van der Waals surface area contributed by atoms with E-state index in [0.717, 1.165) is 24.8 Å². The predicted molar refractivity (Wildman–Crippen MR) is 134 cm³/mol. The van der Waals surface area contributed by atoms with Crippen LogP contribution >= 0.6 is 0 Å². The number of nitrogens with zero attached hydrogens (tertiary/aromatic N) is 1. The molecule has 1 N–H and O–H groups in total. The van der Waals surface area contributed by atoms with E-state index in [1.54, 1.807) is 11.2 Å². The highest BCUT2D eigenvalue weighted by molar-refractivity contribution is 5.71. The van der Waals surface area contributed by atoms with Gasteiger partial charge in [-0.15, -0.1) is 0 Å². The molecule has 36 heavy (non-hydrogen) atoms. The van der Waals surface area contributed by atoms with Gasteiger partial charge in [-0.2, -0.15) is 0 Å². The fourth-order valence-electron chi connectivity index (χ4n) is 4.76. The zero-order valence-electron chi connectivity index (χ0n) is 20.7. The third kappa shape index (κ3) is 7.01. The van der Waals surface area contributed by atoms with Gasteiger partial charge >= 0.3 is 12.1 Å². The number of carbonyl (C=O) groups is 2. The summed E-state index contributed by atoms with van der Waals surface area (Å²) in [7, 11) is 1.40. The van der Waals surface area contributed by atoms with Crippen LogP contribution in [0.25, 0.3) is 0 Å². The fourth-order valence-corrected chi connectivity index (χ4v) is 4.76. The number of hydrogen-bond donors (Lipinski definition) is 1. The summed E-state index contributed by atoms with van der Waals surface area (Å²) in [5.74, 6) is 0.359. The van der Waals surface area contributed by atoms with Crippen LogP contribution in [-0.2, 0) is 30.3 Å². The number of carbonyl (C=O) groups excluding carboxylic acids is 2. The first-order valence-electron chi connectivity index (χ1n) is 12.4. The Balaban J connectivity index is 1.44. The lowest BCUT2D eigenvalue weighted by Crippen LogP contribution is -2.58. The summed E-state index contributed by atoms with van der Waals surface area (Å²) in [6.45, 7) is 1.16. The van der Waals surface area contributed by atoms with Gasteiger partial charge in [0.05, 0.1) is 19.6 Å². The van der Waals surface area contributed by atoms with Crippen LogP contribution in [0.3, 0.4) is 0 Å². The molecule has 1 unspecified atom stereocenters. The first-order valence-corrected chi connectivity index (χ1v) is 12.4. The van der Waals surface area contributed by atoms with Gasteiger partial charge in [-0.25, -0.2) is 4.79 Å². The highest BCUT2D eigenvalue weighted by Crippen LogP contribution is 2.31. The zero-order valence-corrected chi connectivity index (χ0v) is 20.7. The van der Waals surface area contributed by atoms with Crippen molar-refractivity contribution in [3.8, 4) is 0 Å². The molecule has 8 nitrogen and oxygen atoms in total. The second kappa shape index (κ2) is 12.4. The van der Waals surface area contributed by atoms with Gasteiger partial charge in [0.15, 0.2) is 5.76 Å². The number of ether oxygens (including phenoxy) is 4. The summed E-state index contributed by atoms with van der Waals surface area (Å²) in [5.41, 5.74) is 1.67. The van der Waals surface area contributed by atoms with Crippen molar-refractivity contribution in [3.05, 3.63) is 84.2 Å². The van der Waals surface area contributed by atoms with Crippen LogP contribution in [0.15, 0.2) is 78.7 Å². The minimum atomic E-state index is -0.565. The largest absolute Gasteiger partial charge is 0.469 e. The molecular formula is C28H34N2O6. The van der Waals surface area contributed by atoms with Gasteiger partial charge in [0.25, 0.3) is 0 Å². The van der Waals surface area contributed by atoms with E-state index < -0.39 is 5.54 Å². The molecule has 4 rings (SSSR count). The van der Waals surface area contributed by atoms with Gasteiger partial charge in [-0.3, -0.25) is 4.79 Å². The Morgan fingerprint density at radius 1 is 1.17 bits per heavy atom. The smallest absolute Gasteiger partial charge is 0.410 e. The molecule has 1 aromatic rings. The van der Waals surface area contributed by atoms with Crippen molar-refractivity contribution >= 4 is 12.1 Å². The molecule has 8 heteroatoms. The standard InChI is InChI=1S/C28H34N2O6/c1-33-26(31)19-28(12-14-30(15-13-28)27(32)36-20-23-10-6-3-7-11-23)29-24(25-21-34-16-17-35-25)18-22-8-4-2-5-9-22/h2-4,6-8,10-11,16-17,21,24,29H,5,9,12-15,18-20H2,1H3. The normalized spacial score (nSPS) is 19.3. The summed E-state index contributed by atoms with van der Waals surface area (Å²) in [5, 5.41) is 3.72. The molecule has 1 saturated heterocycles. The summed E-state index contributed by atoms with van der Waals surface area (Å²) in [6, 6.07) is 9.41. The minimum Gasteiger partial charge on any atom is -0.469 e. The van der Waals surface area contributed by atoms with Gasteiger partial charge in [-0.1, -0.05) is 54.1 Å². The molecule has 1 amide bonds. The Bertz CT molecular complexity index is 1020. The van der Waals surface area contributed by atoms with E-state index >= 15 is 0 Å². The molecule has 0 aromatic heterocycles. The first kappa shape index (κ1) is 25.6. The van der Waals surface area contributed by atoms with E-state index in [1.165, 1.54) is 25.2 Å². The Kier molecular flexibility index (Phi) is 8.84. The van der Waals surface area contributed by atoms with Crippen molar-refractivity contribution < 1.29 is 28.5 Å². The molecule has 1 aliphatic carbocycles. The number of allylic oxidation sites excluding steroid dienone is 3. The van der Waals surface area contributed by atoms with Crippen LogP contribution in [-0.4, -0.2) is 48.7 Å². The summed E-state index contributed by atoms with van der Waals surface area (Å²) in [4.78, 5) is 26.9. The molecule has 1 atom stereocenters. The van der Waals surface area contributed by atoms with Crippen molar-refractivity contribution in [2.45, 2.75) is 56.7 Å². The van der Waals surface area contributed by atoms with Crippen LogP contribution < -0.4 is 5.32 Å². The zero-order chi connectivity index (χ0) is 25.2. The van der Waals surface area contributed by atoms with Crippen LogP contribution in [0, 0.1) is 0 Å². The predicted octanol–water partition coefficient (Wildman–Crippen LogP) is 4.71. The number of nitrogens with one attached hydrogen (secondary N) is 1. The quantitative estimate of drug-likeness (QED) is 0.498. The lowest BCUT2D eigenvalue weighted by molar-refractivity contribution is -0.143. The topological polar surface area (TPSA) is 86.3 Å². The number of piperidine rings is 1. The number of methoxy groups -OCH3 is 1. The van der Waals surface area contributed by atoms with Gasteiger partial charge in [-0.05, 0) is 37.7 Å². The lowest BCUT2D eigenvalue weighted by atomic mass is 9.82. The number of benzene rings is 1. The molecule has 0 saturated carbocycles. The monoisotopic (exact) mass is 494 g/mol. The maximum atomic E-state index is 12.7. The summed E-state index contributed by atoms with van der Waals surface area (Å²) in [6.07, 6.45) is 14.6. The fraction of sp³-hybridized carbons (Fsp3) is 0.429. The lowest BCUT2D eigenvalue weighted by Gasteiger charge is -2.44. The average molecular weight is 495 g/mol. The van der Waals surface area contributed by atoms with Crippen LogP contribution in [0.4, 0.5) is 4.79 Å². The third-order valence-corrected chi connectivity index (χ3v) is 6.81. The molecule has 0 spiro atoms. The van der Waals surface area contributed by atoms with Crippen LogP contribution in [0.2, 0.25) is 0 Å². The van der Waals surface area contributed by atoms with Gasteiger partial charge in [0.1, 0.15) is 25.4 Å². The SMILES string of the molecule is COC(=O)CC1(NC(CC2=CC=CCC2)C2=COC=CO2)CCN(C(=O)OCc2ccccc2)CC1. The van der Waals surface area contributed by atoms with E-state index in [-0.39, 0.29) is 31.1 Å². The van der Waals surface area contributed by atoms with E-state index in [0.29, 0.717) is 31.7 Å². The molecule has 192 valence electrons. The molecular weight excluding hydrogens is 460 g/mol. The highest BCUT2D eigenvalue weighted by atomic mass is 16.6. The number of amides is 1. The molecule has 2 aliphatic heterocycles. The molecule has 3 aliphatic rings. The van der Waals surface area contributed by atoms with E-state index in [1.807, 2.05) is 30.3 Å². The Labute approximate surface area is 212 Å². The molecule has 1 fully saturated rings.